The number of rotatable bonds is 3. The molecule has 0 spiro atoms. The second kappa shape index (κ2) is 5.21. The van der Waals surface area contributed by atoms with Gasteiger partial charge in [-0.25, -0.2) is 9.97 Å². The minimum absolute atomic E-state index is 0.360. The van der Waals surface area contributed by atoms with E-state index >= 15 is 0 Å². The van der Waals surface area contributed by atoms with Gasteiger partial charge in [0.25, 0.3) is 5.88 Å². The second-order valence-electron chi connectivity index (χ2n) is 3.14. The van der Waals surface area contributed by atoms with Crippen molar-refractivity contribution in [1.29, 1.82) is 0 Å². The average Bonchev–Trinajstić information content (AvgIpc) is 2.33. The zero-order valence-electron chi connectivity index (χ0n) is 8.95. The minimum Gasteiger partial charge on any atom is -0.434 e. The number of benzene rings is 1. The molecule has 1 aromatic heterocycles. The summed E-state index contributed by atoms with van der Waals surface area (Å²) in [6.45, 7) is 0. The summed E-state index contributed by atoms with van der Waals surface area (Å²) in [4.78, 5) is 8.14. The van der Waals surface area contributed by atoms with Crippen LogP contribution in [0.5, 0.6) is 11.6 Å². The highest BCUT2D eigenvalue weighted by Crippen LogP contribution is 2.32. The Morgan fingerprint density at radius 2 is 1.94 bits per heavy atom. The van der Waals surface area contributed by atoms with Crippen molar-refractivity contribution >= 4 is 29.0 Å². The molecule has 1 heterocycles. The van der Waals surface area contributed by atoms with Crippen LogP contribution in [0.15, 0.2) is 30.6 Å². The predicted molar refractivity (Wildman–Crippen MR) is 68.1 cm³/mol. The van der Waals surface area contributed by atoms with Crippen molar-refractivity contribution in [2.75, 3.05) is 12.4 Å². The number of anilines is 1. The van der Waals surface area contributed by atoms with E-state index in [1.54, 1.807) is 37.6 Å². The smallest absolute Gasteiger partial charge is 0.262 e. The van der Waals surface area contributed by atoms with E-state index in [2.05, 4.69) is 15.3 Å². The maximum Gasteiger partial charge on any atom is 0.262 e. The maximum atomic E-state index is 6.00. The number of nitrogens with one attached hydrogen (secondary N) is 1. The summed E-state index contributed by atoms with van der Waals surface area (Å²) in [6.07, 6.45) is 3.11. The number of hydrogen-bond donors (Lipinski definition) is 1. The van der Waals surface area contributed by atoms with Crippen molar-refractivity contribution in [2.24, 2.45) is 0 Å². The molecule has 0 atom stereocenters. The first-order valence-electron chi connectivity index (χ1n) is 4.82. The molecule has 2 aromatic rings. The van der Waals surface area contributed by atoms with Crippen molar-refractivity contribution in [3.63, 3.8) is 0 Å². The van der Waals surface area contributed by atoms with Gasteiger partial charge in [-0.2, -0.15) is 0 Å². The summed E-state index contributed by atoms with van der Waals surface area (Å²) in [5.74, 6) is 1.38. The zero-order valence-corrected chi connectivity index (χ0v) is 10.5. The van der Waals surface area contributed by atoms with Gasteiger partial charge in [0.05, 0.1) is 5.02 Å². The van der Waals surface area contributed by atoms with Crippen LogP contribution in [0.25, 0.3) is 0 Å². The summed E-state index contributed by atoms with van der Waals surface area (Å²) in [5.41, 5.74) is 0. The number of halogens is 2. The van der Waals surface area contributed by atoms with Gasteiger partial charge in [0, 0.05) is 24.5 Å². The maximum absolute atomic E-state index is 6.00. The highest BCUT2D eigenvalue weighted by Gasteiger charge is 2.09. The van der Waals surface area contributed by atoms with Crippen LogP contribution in [-0.4, -0.2) is 17.0 Å². The van der Waals surface area contributed by atoms with E-state index < -0.39 is 0 Å². The van der Waals surface area contributed by atoms with Crippen LogP contribution < -0.4 is 10.1 Å². The number of ether oxygens (including phenoxy) is 1. The summed E-state index contributed by atoms with van der Waals surface area (Å²) in [6, 6.07) is 4.98. The van der Waals surface area contributed by atoms with Gasteiger partial charge in [-0.15, -0.1) is 0 Å². The van der Waals surface area contributed by atoms with Crippen LogP contribution in [0.1, 0.15) is 0 Å². The molecule has 1 aromatic carbocycles. The van der Waals surface area contributed by atoms with Gasteiger partial charge in [0.15, 0.2) is 5.82 Å². The van der Waals surface area contributed by atoms with Crippen molar-refractivity contribution in [3.05, 3.63) is 40.6 Å². The number of aromatic nitrogens is 2. The van der Waals surface area contributed by atoms with Crippen LogP contribution in [0.4, 0.5) is 5.82 Å². The van der Waals surface area contributed by atoms with Crippen LogP contribution in [0.2, 0.25) is 10.0 Å². The lowest BCUT2D eigenvalue weighted by Gasteiger charge is -2.09. The molecule has 0 fully saturated rings. The van der Waals surface area contributed by atoms with Gasteiger partial charge in [0.2, 0.25) is 0 Å². The van der Waals surface area contributed by atoms with E-state index in [4.69, 9.17) is 27.9 Å². The molecular formula is C11H9Cl2N3O. The summed E-state index contributed by atoms with van der Waals surface area (Å²) >= 11 is 11.8. The number of hydrogen-bond acceptors (Lipinski definition) is 4. The van der Waals surface area contributed by atoms with Gasteiger partial charge in [-0.3, -0.25) is 0 Å². The second-order valence-corrected chi connectivity index (χ2v) is 3.98. The standard InChI is InChI=1S/C11H9Cl2N3O/c1-14-10-11(16-5-4-15-10)17-9-3-2-7(12)6-8(9)13/h2-6H,1H3,(H,14,15). The van der Waals surface area contributed by atoms with Gasteiger partial charge < -0.3 is 10.1 Å². The Morgan fingerprint density at radius 3 is 2.65 bits per heavy atom. The van der Waals surface area contributed by atoms with Gasteiger partial charge in [-0.1, -0.05) is 23.2 Å². The largest absolute Gasteiger partial charge is 0.434 e. The van der Waals surface area contributed by atoms with Crippen molar-refractivity contribution in [2.45, 2.75) is 0 Å². The topological polar surface area (TPSA) is 47.0 Å². The fraction of sp³-hybridized carbons (Fsp3) is 0.0909. The van der Waals surface area contributed by atoms with Gasteiger partial charge in [-0.05, 0) is 18.2 Å². The van der Waals surface area contributed by atoms with E-state index in [1.807, 2.05) is 0 Å². The molecule has 17 heavy (non-hydrogen) atoms. The molecule has 0 aliphatic rings. The third kappa shape index (κ3) is 2.78. The summed E-state index contributed by atoms with van der Waals surface area (Å²) in [5, 5.41) is 3.85. The number of nitrogens with zero attached hydrogens (tertiary/aromatic N) is 2. The molecule has 0 aliphatic carbocycles. The third-order valence-electron chi connectivity index (χ3n) is 2.00. The first-order valence-corrected chi connectivity index (χ1v) is 5.58. The normalized spacial score (nSPS) is 10.1. The molecule has 6 heteroatoms. The van der Waals surface area contributed by atoms with Crippen LogP contribution in [-0.2, 0) is 0 Å². The zero-order chi connectivity index (χ0) is 12.3. The summed E-state index contributed by atoms with van der Waals surface area (Å²) < 4.78 is 5.56. The van der Waals surface area contributed by atoms with Crippen LogP contribution in [0.3, 0.4) is 0 Å². The first-order chi connectivity index (χ1) is 8.20. The molecule has 88 valence electrons. The quantitative estimate of drug-likeness (QED) is 0.925. The molecule has 0 amide bonds. The van der Waals surface area contributed by atoms with E-state index in [0.717, 1.165) is 0 Å². The Hall–Kier alpha value is -1.52. The Kier molecular flexibility index (Phi) is 3.66. The fourth-order valence-corrected chi connectivity index (χ4v) is 1.68. The van der Waals surface area contributed by atoms with Crippen molar-refractivity contribution in [3.8, 4) is 11.6 Å². The lowest BCUT2D eigenvalue weighted by atomic mass is 10.3. The molecular weight excluding hydrogens is 261 g/mol. The fourth-order valence-electron chi connectivity index (χ4n) is 1.23. The van der Waals surface area contributed by atoms with E-state index in [9.17, 15) is 0 Å². The van der Waals surface area contributed by atoms with Crippen molar-refractivity contribution in [1.82, 2.24) is 9.97 Å². The lowest BCUT2D eigenvalue weighted by molar-refractivity contribution is 0.463. The minimum atomic E-state index is 0.360. The third-order valence-corrected chi connectivity index (χ3v) is 2.53. The van der Waals surface area contributed by atoms with E-state index in [-0.39, 0.29) is 0 Å². The lowest BCUT2D eigenvalue weighted by Crippen LogP contribution is -1.98. The van der Waals surface area contributed by atoms with Crippen LogP contribution >= 0.6 is 23.2 Å². The van der Waals surface area contributed by atoms with Crippen LogP contribution in [0, 0.1) is 0 Å². The molecule has 0 radical (unpaired) electrons. The Balaban J connectivity index is 2.31. The van der Waals surface area contributed by atoms with E-state index in [1.165, 1.54) is 0 Å². The van der Waals surface area contributed by atoms with Crippen molar-refractivity contribution < 1.29 is 4.74 Å². The SMILES string of the molecule is CNc1nccnc1Oc1ccc(Cl)cc1Cl. The molecule has 0 unspecified atom stereocenters. The molecule has 2 rings (SSSR count). The van der Waals surface area contributed by atoms with Gasteiger partial charge >= 0.3 is 0 Å². The summed E-state index contributed by atoms with van der Waals surface area (Å²) in [7, 11) is 1.74. The molecule has 0 aliphatic heterocycles. The molecule has 0 bridgehead atoms. The molecule has 1 N–H and O–H groups in total. The predicted octanol–water partition coefficient (Wildman–Crippen LogP) is 3.62. The molecule has 4 nitrogen and oxygen atoms in total. The molecule has 0 saturated carbocycles. The Labute approximate surface area is 109 Å². The van der Waals surface area contributed by atoms with E-state index in [0.29, 0.717) is 27.5 Å². The monoisotopic (exact) mass is 269 g/mol. The first kappa shape index (κ1) is 12.0. The Morgan fingerprint density at radius 1 is 1.18 bits per heavy atom. The highest BCUT2D eigenvalue weighted by molar-refractivity contribution is 6.35. The van der Waals surface area contributed by atoms with Gasteiger partial charge in [0.1, 0.15) is 5.75 Å². The average molecular weight is 270 g/mol. The highest BCUT2D eigenvalue weighted by atomic mass is 35.5. The molecule has 0 saturated heterocycles. The Bertz CT molecular complexity index is 534.